The summed E-state index contributed by atoms with van der Waals surface area (Å²) < 4.78 is 0. The molecule has 128 valence electrons. The van der Waals surface area contributed by atoms with E-state index in [2.05, 4.69) is 20.5 Å². The standard InChI is InChI=1S/C15H18N6O.C2H6/c16-6-12(14-8-18-3-4-19-14)9-1-2-10-11(5-9)13(7-17)20-21-15(10)22;1-2/h1-2,5-6,18H,3-4,7-8,16-17H2,(H,21,22);1-2H3/b12-6-;. The molecule has 0 saturated carbocycles. The van der Waals surface area contributed by atoms with Crippen LogP contribution in [0.1, 0.15) is 25.1 Å². The van der Waals surface area contributed by atoms with Crippen LogP contribution < -0.4 is 22.3 Å². The van der Waals surface area contributed by atoms with Gasteiger partial charge in [0.15, 0.2) is 0 Å². The molecule has 1 aliphatic heterocycles. The van der Waals surface area contributed by atoms with E-state index in [1.165, 1.54) is 0 Å². The summed E-state index contributed by atoms with van der Waals surface area (Å²) in [5.74, 6) is 0. The number of hydrogen-bond donors (Lipinski definition) is 4. The van der Waals surface area contributed by atoms with Crippen molar-refractivity contribution in [2.24, 2.45) is 16.5 Å². The molecule has 1 aromatic carbocycles. The van der Waals surface area contributed by atoms with Crippen LogP contribution in [-0.4, -0.2) is 35.5 Å². The van der Waals surface area contributed by atoms with Gasteiger partial charge in [-0.15, -0.1) is 0 Å². The number of nitrogens with zero attached hydrogens (tertiary/aromatic N) is 2. The van der Waals surface area contributed by atoms with E-state index in [1.54, 1.807) is 12.3 Å². The minimum atomic E-state index is -0.228. The van der Waals surface area contributed by atoms with Gasteiger partial charge in [-0.3, -0.25) is 9.79 Å². The van der Waals surface area contributed by atoms with Crippen molar-refractivity contribution in [1.82, 2.24) is 15.5 Å². The minimum Gasteiger partial charge on any atom is -0.404 e. The zero-order chi connectivity index (χ0) is 17.5. The molecule has 7 nitrogen and oxygen atoms in total. The smallest absolute Gasteiger partial charge is 0.272 e. The monoisotopic (exact) mass is 328 g/mol. The third kappa shape index (κ3) is 3.52. The molecule has 3 rings (SSSR count). The summed E-state index contributed by atoms with van der Waals surface area (Å²) in [6.07, 6.45) is 1.55. The van der Waals surface area contributed by atoms with E-state index in [1.807, 2.05) is 26.0 Å². The summed E-state index contributed by atoms with van der Waals surface area (Å²) in [4.78, 5) is 16.4. The first-order valence-electron chi connectivity index (χ1n) is 8.12. The third-order valence-electron chi connectivity index (χ3n) is 3.73. The number of rotatable bonds is 3. The maximum absolute atomic E-state index is 11.9. The second kappa shape index (κ2) is 8.37. The van der Waals surface area contributed by atoms with Crippen molar-refractivity contribution in [3.63, 3.8) is 0 Å². The molecule has 0 bridgehead atoms. The Hall–Kier alpha value is -2.51. The van der Waals surface area contributed by atoms with Crippen molar-refractivity contribution in [2.45, 2.75) is 20.4 Å². The number of benzene rings is 1. The molecular weight excluding hydrogens is 304 g/mol. The average Bonchev–Trinajstić information content (AvgIpc) is 2.65. The van der Waals surface area contributed by atoms with Gasteiger partial charge in [0.1, 0.15) is 0 Å². The summed E-state index contributed by atoms with van der Waals surface area (Å²) >= 11 is 0. The molecule has 0 fully saturated rings. The molecule has 0 aliphatic carbocycles. The highest BCUT2D eigenvalue weighted by Gasteiger charge is 2.14. The van der Waals surface area contributed by atoms with Gasteiger partial charge in [0.05, 0.1) is 23.3 Å². The number of H-pyrrole nitrogens is 1. The fourth-order valence-electron chi connectivity index (χ4n) is 2.61. The van der Waals surface area contributed by atoms with E-state index >= 15 is 0 Å². The lowest BCUT2D eigenvalue weighted by Gasteiger charge is -2.16. The van der Waals surface area contributed by atoms with E-state index < -0.39 is 0 Å². The Morgan fingerprint density at radius 2 is 2.12 bits per heavy atom. The number of nitrogens with one attached hydrogen (secondary N) is 2. The van der Waals surface area contributed by atoms with Crippen LogP contribution in [0.15, 0.2) is 34.2 Å². The second-order valence-electron chi connectivity index (χ2n) is 5.05. The first kappa shape index (κ1) is 17.8. The van der Waals surface area contributed by atoms with Gasteiger partial charge in [-0.25, -0.2) is 5.10 Å². The second-order valence-corrected chi connectivity index (χ2v) is 5.05. The predicted molar refractivity (Wildman–Crippen MR) is 98.9 cm³/mol. The Kier molecular flexibility index (Phi) is 6.22. The molecule has 0 unspecified atom stereocenters. The Morgan fingerprint density at radius 1 is 1.33 bits per heavy atom. The van der Waals surface area contributed by atoms with Crippen molar-refractivity contribution in [2.75, 3.05) is 19.6 Å². The molecule has 2 heterocycles. The van der Waals surface area contributed by atoms with E-state index in [-0.39, 0.29) is 12.1 Å². The van der Waals surface area contributed by atoms with Gasteiger partial charge in [-0.2, -0.15) is 5.10 Å². The van der Waals surface area contributed by atoms with Gasteiger partial charge in [-0.1, -0.05) is 19.9 Å². The highest BCUT2D eigenvalue weighted by molar-refractivity contribution is 6.25. The Balaban J connectivity index is 0.00000100. The summed E-state index contributed by atoms with van der Waals surface area (Å²) in [5.41, 5.74) is 14.6. The molecule has 6 N–H and O–H groups in total. The number of aliphatic imine (C=N–C) groups is 1. The molecule has 0 saturated heterocycles. The third-order valence-corrected chi connectivity index (χ3v) is 3.73. The van der Waals surface area contributed by atoms with E-state index in [0.717, 1.165) is 35.3 Å². The normalized spacial score (nSPS) is 14.8. The number of aromatic amines is 1. The van der Waals surface area contributed by atoms with E-state index in [4.69, 9.17) is 11.5 Å². The van der Waals surface area contributed by atoms with Crippen LogP contribution in [0.5, 0.6) is 0 Å². The topological polar surface area (TPSA) is 122 Å². The molecule has 1 aliphatic rings. The van der Waals surface area contributed by atoms with Crippen LogP contribution in [0, 0.1) is 0 Å². The van der Waals surface area contributed by atoms with Gasteiger partial charge in [0.25, 0.3) is 5.56 Å². The van der Waals surface area contributed by atoms with Crippen molar-refractivity contribution in [3.8, 4) is 0 Å². The van der Waals surface area contributed by atoms with Gasteiger partial charge in [0.2, 0.25) is 0 Å². The molecule has 1 aromatic heterocycles. The number of hydrogen-bond acceptors (Lipinski definition) is 6. The predicted octanol–water partition coefficient (Wildman–Crippen LogP) is 0.752. The lowest BCUT2D eigenvalue weighted by molar-refractivity contribution is 0.739. The quantitative estimate of drug-likeness (QED) is 0.662. The van der Waals surface area contributed by atoms with Gasteiger partial charge >= 0.3 is 0 Å². The lowest BCUT2D eigenvalue weighted by Crippen LogP contribution is -2.31. The van der Waals surface area contributed by atoms with Crippen LogP contribution >= 0.6 is 0 Å². The van der Waals surface area contributed by atoms with E-state index in [0.29, 0.717) is 17.6 Å². The van der Waals surface area contributed by atoms with Crippen molar-refractivity contribution < 1.29 is 0 Å². The van der Waals surface area contributed by atoms with E-state index in [9.17, 15) is 4.79 Å². The summed E-state index contributed by atoms with van der Waals surface area (Å²) in [6, 6.07) is 5.54. The maximum atomic E-state index is 11.9. The minimum absolute atomic E-state index is 0.228. The van der Waals surface area contributed by atoms with Gasteiger partial charge in [0, 0.05) is 36.8 Å². The molecule has 0 amide bonds. The van der Waals surface area contributed by atoms with Crippen LogP contribution in [0.2, 0.25) is 0 Å². The SMILES string of the molecule is CC.N/C=C(\C1=NCCNC1)c1ccc2c(=O)[nH]nc(CN)c2c1. The van der Waals surface area contributed by atoms with Crippen LogP contribution in [0.4, 0.5) is 0 Å². The highest BCUT2D eigenvalue weighted by atomic mass is 16.1. The molecule has 24 heavy (non-hydrogen) atoms. The first-order chi connectivity index (χ1) is 11.7. The molecular formula is C17H24N6O. The zero-order valence-electron chi connectivity index (χ0n) is 14.1. The molecule has 7 heteroatoms. The molecule has 0 atom stereocenters. The first-order valence-corrected chi connectivity index (χ1v) is 8.12. The fourth-order valence-corrected chi connectivity index (χ4v) is 2.61. The van der Waals surface area contributed by atoms with Crippen molar-refractivity contribution in [3.05, 3.63) is 46.0 Å². The lowest BCUT2D eigenvalue weighted by atomic mass is 9.98. The fraction of sp³-hybridized carbons (Fsp3) is 0.353. The zero-order valence-corrected chi connectivity index (χ0v) is 14.1. The summed E-state index contributed by atoms with van der Waals surface area (Å²) in [6.45, 7) is 6.53. The number of nitrogens with two attached hydrogens (primary N) is 2. The summed E-state index contributed by atoms with van der Waals surface area (Å²) in [7, 11) is 0. The Morgan fingerprint density at radius 3 is 2.75 bits per heavy atom. The van der Waals surface area contributed by atoms with Crippen LogP contribution in [0.25, 0.3) is 16.3 Å². The Bertz CT molecular complexity index is 821. The molecule has 0 radical (unpaired) electrons. The Labute approximate surface area is 140 Å². The van der Waals surface area contributed by atoms with Crippen LogP contribution in [-0.2, 0) is 6.54 Å². The largest absolute Gasteiger partial charge is 0.404 e. The number of fused-ring (bicyclic) bond motifs is 1. The van der Waals surface area contributed by atoms with Gasteiger partial charge in [-0.05, 0) is 17.7 Å². The average molecular weight is 328 g/mol. The number of aromatic nitrogens is 2. The molecule has 2 aromatic rings. The van der Waals surface area contributed by atoms with Gasteiger partial charge < -0.3 is 16.8 Å². The maximum Gasteiger partial charge on any atom is 0.272 e. The van der Waals surface area contributed by atoms with Crippen molar-refractivity contribution in [1.29, 1.82) is 0 Å². The highest BCUT2D eigenvalue weighted by Crippen LogP contribution is 2.22. The van der Waals surface area contributed by atoms with Crippen molar-refractivity contribution >= 4 is 22.1 Å². The molecule has 0 spiro atoms. The summed E-state index contributed by atoms with van der Waals surface area (Å²) in [5, 5.41) is 11.1. The van der Waals surface area contributed by atoms with Crippen LogP contribution in [0.3, 0.4) is 0 Å².